The maximum atomic E-state index is 12.1. The van der Waals surface area contributed by atoms with Crippen LogP contribution in [0.15, 0.2) is 0 Å². The van der Waals surface area contributed by atoms with Gasteiger partial charge in [-0.2, -0.15) is 0 Å². The van der Waals surface area contributed by atoms with Crippen LogP contribution in [0.5, 0.6) is 0 Å². The molecule has 5 heteroatoms. The molecule has 19 heavy (non-hydrogen) atoms. The van der Waals surface area contributed by atoms with Gasteiger partial charge in [-0.1, -0.05) is 0 Å². The molecule has 3 atom stereocenters. The van der Waals surface area contributed by atoms with E-state index in [1.807, 2.05) is 20.8 Å². The Morgan fingerprint density at radius 1 is 1.37 bits per heavy atom. The molecule has 0 aliphatic carbocycles. The molecule has 2 aliphatic heterocycles. The molecule has 0 bridgehead atoms. The van der Waals surface area contributed by atoms with Gasteiger partial charge in [0.05, 0.1) is 6.10 Å². The number of hydrogen-bond donors (Lipinski definition) is 1. The van der Waals surface area contributed by atoms with E-state index in [9.17, 15) is 9.90 Å². The monoisotopic (exact) mass is 271 g/mol. The maximum Gasteiger partial charge on any atom is 0.410 e. The lowest BCUT2D eigenvalue weighted by atomic mass is 9.83. The predicted molar refractivity (Wildman–Crippen MR) is 70.8 cm³/mol. The van der Waals surface area contributed by atoms with Gasteiger partial charge in [-0.3, -0.25) is 0 Å². The number of rotatable bonds is 1. The summed E-state index contributed by atoms with van der Waals surface area (Å²) in [6, 6.07) is 0. The summed E-state index contributed by atoms with van der Waals surface area (Å²) < 4.78 is 10.8. The van der Waals surface area contributed by atoms with E-state index in [0.717, 1.165) is 13.0 Å². The van der Waals surface area contributed by atoms with Crippen molar-refractivity contribution in [3.8, 4) is 0 Å². The first-order chi connectivity index (χ1) is 8.87. The smallest absolute Gasteiger partial charge is 0.410 e. The minimum Gasteiger partial charge on any atom is -0.444 e. The van der Waals surface area contributed by atoms with Crippen LogP contribution in [0, 0.1) is 11.8 Å². The molecular weight excluding hydrogens is 246 g/mol. The van der Waals surface area contributed by atoms with Crippen molar-refractivity contribution in [1.82, 2.24) is 4.90 Å². The number of carbonyl (C=O) groups excluding carboxylic acids is 1. The fraction of sp³-hybridized carbons (Fsp3) is 0.929. The Kier molecular flexibility index (Phi) is 4.36. The lowest BCUT2D eigenvalue weighted by Crippen LogP contribution is -2.49. The molecule has 2 heterocycles. The number of likely N-dealkylation sites (tertiary alicyclic amines) is 1. The van der Waals surface area contributed by atoms with Gasteiger partial charge in [-0.05, 0) is 39.5 Å². The minimum atomic E-state index is -0.473. The second-order valence-corrected chi connectivity index (χ2v) is 6.57. The van der Waals surface area contributed by atoms with E-state index < -0.39 is 5.60 Å². The van der Waals surface area contributed by atoms with Crippen molar-refractivity contribution in [2.24, 2.45) is 11.8 Å². The van der Waals surface area contributed by atoms with Crippen LogP contribution in [0.1, 0.15) is 33.6 Å². The number of ether oxygens (including phenoxy) is 2. The summed E-state index contributed by atoms with van der Waals surface area (Å²) in [6.07, 6.45) is 0.998. The molecule has 5 nitrogen and oxygen atoms in total. The fourth-order valence-corrected chi connectivity index (χ4v) is 2.82. The summed E-state index contributed by atoms with van der Waals surface area (Å²) in [5, 5.41) is 10.1. The van der Waals surface area contributed by atoms with Crippen molar-refractivity contribution >= 4 is 6.09 Å². The molecule has 1 N–H and O–H groups in total. The average Bonchev–Trinajstić information content (AvgIpc) is 2.80. The molecule has 0 spiro atoms. The highest BCUT2D eigenvalue weighted by atomic mass is 16.6. The van der Waals surface area contributed by atoms with Crippen molar-refractivity contribution in [1.29, 1.82) is 0 Å². The summed E-state index contributed by atoms with van der Waals surface area (Å²) in [6.45, 7) is 8.21. The van der Waals surface area contributed by atoms with Gasteiger partial charge in [-0.25, -0.2) is 4.79 Å². The second kappa shape index (κ2) is 5.67. The summed E-state index contributed by atoms with van der Waals surface area (Å²) in [5.74, 6) is 0.476. The fourth-order valence-electron chi connectivity index (χ4n) is 2.82. The number of carbonyl (C=O) groups is 1. The van der Waals surface area contributed by atoms with Gasteiger partial charge in [0, 0.05) is 32.2 Å². The van der Waals surface area contributed by atoms with Gasteiger partial charge in [0.2, 0.25) is 0 Å². The molecule has 0 aromatic rings. The van der Waals surface area contributed by atoms with Crippen LogP contribution in [0.3, 0.4) is 0 Å². The zero-order valence-electron chi connectivity index (χ0n) is 12.1. The van der Waals surface area contributed by atoms with Crippen LogP contribution in [-0.2, 0) is 9.47 Å². The van der Waals surface area contributed by atoms with Crippen LogP contribution in [-0.4, -0.2) is 54.1 Å². The van der Waals surface area contributed by atoms with E-state index >= 15 is 0 Å². The minimum absolute atomic E-state index is 0.115. The Hall–Kier alpha value is -0.810. The third-order valence-electron chi connectivity index (χ3n) is 3.84. The Labute approximate surface area is 114 Å². The van der Waals surface area contributed by atoms with E-state index in [2.05, 4.69) is 0 Å². The summed E-state index contributed by atoms with van der Waals surface area (Å²) in [4.78, 5) is 13.8. The van der Waals surface area contributed by atoms with Gasteiger partial charge in [0.25, 0.3) is 0 Å². The van der Waals surface area contributed by atoms with Gasteiger partial charge >= 0.3 is 6.09 Å². The van der Waals surface area contributed by atoms with Gasteiger partial charge in [-0.15, -0.1) is 0 Å². The maximum absolute atomic E-state index is 12.1. The Balaban J connectivity index is 1.94. The molecule has 2 saturated heterocycles. The van der Waals surface area contributed by atoms with Crippen LogP contribution in [0.4, 0.5) is 4.79 Å². The number of hydrogen-bond acceptors (Lipinski definition) is 4. The molecule has 2 rings (SSSR count). The molecule has 0 radical (unpaired) electrons. The highest BCUT2D eigenvalue weighted by Gasteiger charge is 2.38. The van der Waals surface area contributed by atoms with Gasteiger partial charge in [0.1, 0.15) is 5.60 Å². The number of nitrogens with zero attached hydrogens (tertiary/aromatic N) is 1. The SMILES string of the molecule is CC(C)(C)OC(=O)N1CC[C@H](O)[C@@H]([C@@H]2CCOC2)C1. The van der Waals surface area contributed by atoms with Crippen LogP contribution in [0.2, 0.25) is 0 Å². The lowest BCUT2D eigenvalue weighted by Gasteiger charge is -2.39. The number of aliphatic hydroxyl groups excluding tert-OH is 1. The molecule has 0 unspecified atom stereocenters. The Bertz CT molecular complexity index is 320. The van der Waals surface area contributed by atoms with Crippen LogP contribution >= 0.6 is 0 Å². The van der Waals surface area contributed by atoms with Crippen molar-refractivity contribution in [2.75, 3.05) is 26.3 Å². The molecule has 0 aromatic carbocycles. The zero-order valence-corrected chi connectivity index (χ0v) is 12.1. The third-order valence-corrected chi connectivity index (χ3v) is 3.84. The molecule has 110 valence electrons. The first kappa shape index (κ1) is 14.6. The van der Waals surface area contributed by atoms with E-state index in [0.29, 0.717) is 32.0 Å². The van der Waals surface area contributed by atoms with E-state index in [1.165, 1.54) is 0 Å². The molecule has 2 aliphatic rings. The van der Waals surface area contributed by atoms with Crippen molar-refractivity contribution in [2.45, 2.75) is 45.3 Å². The lowest BCUT2D eigenvalue weighted by molar-refractivity contribution is -0.0232. The Morgan fingerprint density at radius 3 is 2.68 bits per heavy atom. The van der Waals surface area contributed by atoms with Crippen molar-refractivity contribution in [3.63, 3.8) is 0 Å². The van der Waals surface area contributed by atoms with E-state index in [-0.39, 0.29) is 18.1 Å². The van der Waals surface area contributed by atoms with Crippen LogP contribution in [0.25, 0.3) is 0 Å². The first-order valence-corrected chi connectivity index (χ1v) is 7.10. The Morgan fingerprint density at radius 2 is 2.11 bits per heavy atom. The first-order valence-electron chi connectivity index (χ1n) is 7.10. The predicted octanol–water partition coefficient (Wildman–Crippen LogP) is 1.64. The molecule has 0 saturated carbocycles. The largest absolute Gasteiger partial charge is 0.444 e. The molecule has 0 aromatic heterocycles. The normalized spacial score (nSPS) is 32.4. The molecule has 1 amide bonds. The summed E-state index contributed by atoms with van der Waals surface area (Å²) >= 11 is 0. The standard InChI is InChI=1S/C14H25NO4/c1-14(2,3)19-13(17)15-6-4-12(16)11(8-15)10-5-7-18-9-10/h10-12,16H,4-9H2,1-3H3/t10-,11-,12+/m1/s1. The molecule has 2 fully saturated rings. The van der Waals surface area contributed by atoms with Crippen LogP contribution < -0.4 is 0 Å². The van der Waals surface area contributed by atoms with Crippen molar-refractivity contribution in [3.05, 3.63) is 0 Å². The average molecular weight is 271 g/mol. The van der Waals surface area contributed by atoms with Gasteiger partial charge in [0.15, 0.2) is 0 Å². The zero-order chi connectivity index (χ0) is 14.0. The number of piperidine rings is 1. The van der Waals surface area contributed by atoms with E-state index in [4.69, 9.17) is 9.47 Å². The second-order valence-electron chi connectivity index (χ2n) is 6.57. The quantitative estimate of drug-likeness (QED) is 0.787. The van der Waals surface area contributed by atoms with Gasteiger partial charge < -0.3 is 19.5 Å². The highest BCUT2D eigenvalue weighted by Crippen LogP contribution is 2.30. The topological polar surface area (TPSA) is 59.0 Å². The number of aliphatic hydroxyl groups is 1. The van der Waals surface area contributed by atoms with Crippen molar-refractivity contribution < 1.29 is 19.4 Å². The third kappa shape index (κ3) is 3.83. The highest BCUT2D eigenvalue weighted by molar-refractivity contribution is 5.68. The number of amides is 1. The molecular formula is C14H25NO4. The summed E-state index contributed by atoms with van der Waals surface area (Å²) in [5.41, 5.74) is -0.473. The van der Waals surface area contributed by atoms with E-state index in [1.54, 1.807) is 4.90 Å². The summed E-state index contributed by atoms with van der Waals surface area (Å²) in [7, 11) is 0.